The van der Waals surface area contributed by atoms with Crippen molar-refractivity contribution in [3.63, 3.8) is 0 Å². The Kier molecular flexibility index (Phi) is 9.22. The number of nitriles is 1. The third-order valence-electron chi connectivity index (χ3n) is 9.81. The van der Waals surface area contributed by atoms with Crippen LogP contribution in [0.3, 0.4) is 0 Å². The highest BCUT2D eigenvalue weighted by Gasteiger charge is 2.56. The monoisotopic (exact) mass is 598 g/mol. The van der Waals surface area contributed by atoms with Crippen molar-refractivity contribution < 1.29 is 15.0 Å². The zero-order valence-corrected chi connectivity index (χ0v) is 26.6. The van der Waals surface area contributed by atoms with Crippen LogP contribution >= 0.6 is 23.2 Å². The number of halogens is 2. The van der Waals surface area contributed by atoms with Gasteiger partial charge in [-0.25, -0.2) is 0 Å². The van der Waals surface area contributed by atoms with E-state index in [4.69, 9.17) is 23.2 Å². The maximum absolute atomic E-state index is 14.9. The molecule has 2 aromatic rings. The maximum Gasteiger partial charge on any atom is 0.229 e. The fraction of sp³-hybridized carbons (Fsp3) is 0.588. The minimum absolute atomic E-state index is 0.0303. The first-order chi connectivity index (χ1) is 19.1. The fourth-order valence-corrected chi connectivity index (χ4v) is 7.67. The van der Waals surface area contributed by atoms with Gasteiger partial charge in [-0.05, 0) is 87.3 Å². The summed E-state index contributed by atoms with van der Waals surface area (Å²) in [6.07, 6.45) is 1.36. The Balaban J connectivity index is 1.88. The second-order valence-corrected chi connectivity index (χ2v) is 14.8. The van der Waals surface area contributed by atoms with Gasteiger partial charge in [-0.2, -0.15) is 5.26 Å². The number of benzene rings is 2. The summed E-state index contributed by atoms with van der Waals surface area (Å²) in [6.45, 7) is 11.7. The van der Waals surface area contributed by atoms with Crippen molar-refractivity contribution >= 4 is 29.1 Å². The van der Waals surface area contributed by atoms with Crippen molar-refractivity contribution in [2.45, 2.75) is 104 Å². The number of piperidine rings is 1. The van der Waals surface area contributed by atoms with Gasteiger partial charge in [0.1, 0.15) is 0 Å². The lowest BCUT2D eigenvalue weighted by atomic mass is 9.64. The van der Waals surface area contributed by atoms with Crippen LogP contribution in [0.25, 0.3) is 0 Å². The number of aliphatic hydroxyl groups is 2. The first-order valence-electron chi connectivity index (χ1n) is 14.7. The average molecular weight is 600 g/mol. The van der Waals surface area contributed by atoms with Crippen molar-refractivity contribution in [3.05, 3.63) is 69.7 Å². The van der Waals surface area contributed by atoms with Crippen LogP contribution in [-0.2, 0) is 4.79 Å². The van der Waals surface area contributed by atoms with E-state index in [-0.39, 0.29) is 29.8 Å². The van der Waals surface area contributed by atoms with Crippen molar-refractivity contribution in [2.24, 2.45) is 22.2 Å². The van der Waals surface area contributed by atoms with Crippen LogP contribution in [-0.4, -0.2) is 39.3 Å². The van der Waals surface area contributed by atoms with Gasteiger partial charge in [0.2, 0.25) is 5.91 Å². The van der Waals surface area contributed by atoms with Gasteiger partial charge in [0, 0.05) is 32.8 Å². The molecule has 0 unspecified atom stereocenters. The lowest BCUT2D eigenvalue weighted by Gasteiger charge is -2.53. The van der Waals surface area contributed by atoms with Crippen LogP contribution < -0.4 is 0 Å². The molecule has 7 heteroatoms. The van der Waals surface area contributed by atoms with E-state index in [0.717, 1.165) is 11.1 Å². The van der Waals surface area contributed by atoms with Crippen molar-refractivity contribution in [2.75, 3.05) is 0 Å². The van der Waals surface area contributed by atoms with Crippen molar-refractivity contribution in [1.82, 2.24) is 4.90 Å². The van der Waals surface area contributed by atoms with Gasteiger partial charge >= 0.3 is 0 Å². The van der Waals surface area contributed by atoms with E-state index in [0.29, 0.717) is 42.1 Å². The molecule has 2 fully saturated rings. The molecule has 2 aliphatic rings. The molecule has 1 saturated carbocycles. The van der Waals surface area contributed by atoms with Crippen LogP contribution in [0.2, 0.25) is 10.0 Å². The van der Waals surface area contributed by atoms with Crippen LogP contribution in [0.5, 0.6) is 0 Å². The number of aliphatic hydroxyl groups excluding tert-OH is 2. The van der Waals surface area contributed by atoms with E-state index in [1.54, 1.807) is 0 Å². The minimum Gasteiger partial charge on any atom is -0.392 e. The molecule has 1 saturated heterocycles. The molecule has 222 valence electrons. The summed E-state index contributed by atoms with van der Waals surface area (Å²) in [5.74, 6) is -0.269. The summed E-state index contributed by atoms with van der Waals surface area (Å²) >= 11 is 12.8. The highest BCUT2D eigenvalue weighted by molar-refractivity contribution is 6.30. The van der Waals surface area contributed by atoms with Crippen LogP contribution in [0.15, 0.2) is 48.5 Å². The molecule has 0 aromatic heterocycles. The highest BCUT2D eigenvalue weighted by Crippen LogP contribution is 2.56. The van der Waals surface area contributed by atoms with Gasteiger partial charge in [-0.3, -0.25) is 4.79 Å². The Morgan fingerprint density at radius 3 is 2.27 bits per heavy atom. The normalized spacial score (nSPS) is 30.7. The number of rotatable bonds is 8. The lowest BCUT2D eigenvalue weighted by Crippen LogP contribution is -2.56. The van der Waals surface area contributed by atoms with Crippen LogP contribution in [0.4, 0.5) is 0 Å². The first-order valence-corrected chi connectivity index (χ1v) is 15.5. The molecule has 0 radical (unpaired) electrons. The predicted octanol–water partition coefficient (Wildman–Crippen LogP) is 7.93. The number of amides is 1. The SMILES string of the molecule is CC[C@@H](CC(C)(C)C#N)N1C(=O)[C@@](C)(C[C@H]2C[C@H](O)C(C)(C)[C@H]2O)C[C@H](c2cccc(Cl)c2)[C@H]1c1ccc(Cl)cc1. The minimum atomic E-state index is -0.800. The van der Waals surface area contributed by atoms with Crippen molar-refractivity contribution in [3.8, 4) is 6.07 Å². The van der Waals surface area contributed by atoms with Gasteiger partial charge in [0.05, 0.1) is 29.7 Å². The maximum atomic E-state index is 14.9. The molecular weight excluding hydrogens is 555 g/mol. The van der Waals surface area contributed by atoms with E-state index in [1.165, 1.54) is 0 Å². The molecule has 4 rings (SSSR count). The molecule has 41 heavy (non-hydrogen) atoms. The Hall–Kier alpha value is -2.10. The van der Waals surface area contributed by atoms with Gasteiger partial charge in [-0.1, -0.05) is 75.2 Å². The largest absolute Gasteiger partial charge is 0.392 e. The van der Waals surface area contributed by atoms with E-state index in [2.05, 4.69) is 19.1 Å². The fourth-order valence-electron chi connectivity index (χ4n) is 7.34. The average Bonchev–Trinajstić information content (AvgIpc) is 3.11. The summed E-state index contributed by atoms with van der Waals surface area (Å²) in [4.78, 5) is 16.9. The van der Waals surface area contributed by atoms with Gasteiger partial charge in [0.15, 0.2) is 0 Å². The molecule has 1 aliphatic carbocycles. The van der Waals surface area contributed by atoms with E-state index in [9.17, 15) is 20.3 Å². The Morgan fingerprint density at radius 2 is 1.73 bits per heavy atom. The number of carbonyl (C=O) groups is 1. The van der Waals surface area contributed by atoms with Crippen LogP contribution in [0, 0.1) is 33.5 Å². The van der Waals surface area contributed by atoms with E-state index < -0.39 is 28.5 Å². The lowest BCUT2D eigenvalue weighted by molar-refractivity contribution is -0.157. The molecule has 7 atom stereocenters. The molecule has 5 nitrogen and oxygen atoms in total. The molecule has 2 N–H and O–H groups in total. The second kappa shape index (κ2) is 11.9. The van der Waals surface area contributed by atoms with Gasteiger partial charge in [-0.15, -0.1) is 0 Å². The molecule has 0 spiro atoms. The predicted molar refractivity (Wildman–Crippen MR) is 165 cm³/mol. The third kappa shape index (κ3) is 6.32. The summed E-state index contributed by atoms with van der Waals surface area (Å²) in [7, 11) is 0. The number of hydrogen-bond acceptors (Lipinski definition) is 4. The standard InChI is InChI=1S/C34H44Cl2N2O3/c1-7-26(18-32(2,3)20-37)38-29(21-11-13-24(35)14-12-21)27(22-9-8-10-25(36)15-22)19-34(6,31(38)41)17-23-16-28(39)33(4,5)30(23)40/h8-15,23,26-30,39-40H,7,16-19H2,1-6H3/t23-,26+,27-,28+,29-,30+,34+/m1/s1. The Bertz CT molecular complexity index is 1290. The zero-order chi connectivity index (χ0) is 30.3. The number of nitrogens with zero attached hydrogens (tertiary/aromatic N) is 2. The van der Waals surface area contributed by atoms with Crippen LogP contribution in [0.1, 0.15) is 96.7 Å². The summed E-state index contributed by atoms with van der Waals surface area (Å²) in [5.41, 5.74) is -0.0326. The Morgan fingerprint density at radius 1 is 1.07 bits per heavy atom. The van der Waals surface area contributed by atoms with Gasteiger partial charge < -0.3 is 15.1 Å². The second-order valence-electron chi connectivity index (χ2n) is 13.9. The number of carbonyl (C=O) groups excluding carboxylic acids is 1. The van der Waals surface area contributed by atoms with Gasteiger partial charge in [0.25, 0.3) is 0 Å². The molecule has 1 aliphatic heterocycles. The number of hydrogen-bond donors (Lipinski definition) is 2. The van der Waals surface area contributed by atoms with E-state index >= 15 is 0 Å². The third-order valence-corrected chi connectivity index (χ3v) is 10.3. The van der Waals surface area contributed by atoms with E-state index in [1.807, 2.05) is 82.0 Å². The summed E-state index contributed by atoms with van der Waals surface area (Å²) < 4.78 is 0. The summed E-state index contributed by atoms with van der Waals surface area (Å²) in [6, 6.07) is 17.5. The summed E-state index contributed by atoms with van der Waals surface area (Å²) in [5, 5.41) is 33.2. The molecule has 1 amide bonds. The molecule has 2 aromatic carbocycles. The quantitative estimate of drug-likeness (QED) is 0.323. The topological polar surface area (TPSA) is 84.6 Å². The van der Waals surface area contributed by atoms with Crippen molar-refractivity contribution in [1.29, 1.82) is 5.26 Å². The zero-order valence-electron chi connectivity index (χ0n) is 25.1. The smallest absolute Gasteiger partial charge is 0.229 e. The number of likely N-dealkylation sites (tertiary alicyclic amines) is 1. The molecule has 0 bridgehead atoms. The highest BCUT2D eigenvalue weighted by atomic mass is 35.5. The molecule has 1 heterocycles. The molecular formula is C34H44Cl2N2O3. The Labute approximate surface area is 255 Å². The first kappa shape index (κ1) is 31.8.